The highest BCUT2D eigenvalue weighted by molar-refractivity contribution is 7.99. The van der Waals surface area contributed by atoms with Crippen LogP contribution in [0.15, 0.2) is 53.2 Å². The van der Waals surface area contributed by atoms with Gasteiger partial charge in [0.1, 0.15) is 15.2 Å². The van der Waals surface area contributed by atoms with E-state index < -0.39 is 0 Å². The van der Waals surface area contributed by atoms with Crippen molar-refractivity contribution >= 4 is 23.4 Å². The van der Waals surface area contributed by atoms with Crippen molar-refractivity contribution in [3.8, 4) is 5.95 Å². The standard InChI is InChI=1S/C11H7ClN6S/c12-8-6-15-10(7-14-8)19-9-2-4-13-11(17-9)18-5-1-3-16-18/h1-7H. The lowest BCUT2D eigenvalue weighted by Crippen LogP contribution is -2.01. The second kappa shape index (κ2) is 5.33. The summed E-state index contributed by atoms with van der Waals surface area (Å²) in [6.07, 6.45) is 8.23. The molecule has 0 saturated carbocycles. The minimum Gasteiger partial charge on any atom is -0.245 e. The Labute approximate surface area is 117 Å². The first-order valence-electron chi connectivity index (χ1n) is 5.30. The summed E-state index contributed by atoms with van der Waals surface area (Å²) in [5, 5.41) is 5.93. The van der Waals surface area contributed by atoms with E-state index in [-0.39, 0.29) is 0 Å². The molecule has 0 aromatic carbocycles. The lowest BCUT2D eigenvalue weighted by atomic mass is 10.7. The summed E-state index contributed by atoms with van der Waals surface area (Å²) >= 11 is 7.07. The Hall–Kier alpha value is -1.99. The molecule has 0 radical (unpaired) electrons. The van der Waals surface area contributed by atoms with E-state index in [0.29, 0.717) is 11.1 Å². The van der Waals surface area contributed by atoms with Crippen LogP contribution in [0.25, 0.3) is 5.95 Å². The van der Waals surface area contributed by atoms with Gasteiger partial charge in [0, 0.05) is 18.6 Å². The van der Waals surface area contributed by atoms with Gasteiger partial charge < -0.3 is 0 Å². The highest BCUT2D eigenvalue weighted by Gasteiger charge is 2.05. The van der Waals surface area contributed by atoms with Gasteiger partial charge in [0.25, 0.3) is 5.95 Å². The predicted octanol–water partition coefficient (Wildman–Crippen LogP) is 2.26. The fraction of sp³-hybridized carbons (Fsp3) is 0. The molecule has 0 bridgehead atoms. The summed E-state index contributed by atoms with van der Waals surface area (Å²) in [4.78, 5) is 16.7. The summed E-state index contributed by atoms with van der Waals surface area (Å²) in [5.41, 5.74) is 0. The monoisotopic (exact) mass is 290 g/mol. The summed E-state index contributed by atoms with van der Waals surface area (Å²) in [5.74, 6) is 0.511. The molecule has 0 atom stereocenters. The molecule has 0 N–H and O–H groups in total. The number of hydrogen-bond donors (Lipinski definition) is 0. The lowest BCUT2D eigenvalue weighted by molar-refractivity contribution is 0.789. The maximum atomic E-state index is 5.69. The molecule has 0 aliphatic carbocycles. The number of hydrogen-bond acceptors (Lipinski definition) is 6. The van der Waals surface area contributed by atoms with E-state index in [1.54, 1.807) is 35.5 Å². The molecular formula is C11H7ClN6S. The average Bonchev–Trinajstić information content (AvgIpc) is 2.96. The van der Waals surface area contributed by atoms with Crippen molar-refractivity contribution in [2.24, 2.45) is 0 Å². The fourth-order valence-electron chi connectivity index (χ4n) is 1.35. The second-order valence-electron chi connectivity index (χ2n) is 3.42. The number of halogens is 1. The van der Waals surface area contributed by atoms with E-state index in [1.165, 1.54) is 18.0 Å². The SMILES string of the molecule is Clc1cnc(Sc2ccnc(-n3cccn3)n2)cn1. The highest BCUT2D eigenvalue weighted by atomic mass is 35.5. The van der Waals surface area contributed by atoms with Crippen LogP contribution in [-0.4, -0.2) is 29.7 Å². The van der Waals surface area contributed by atoms with Gasteiger partial charge in [-0.2, -0.15) is 5.10 Å². The first-order valence-corrected chi connectivity index (χ1v) is 6.49. The summed E-state index contributed by atoms with van der Waals surface area (Å²) < 4.78 is 1.59. The van der Waals surface area contributed by atoms with Gasteiger partial charge in [-0.25, -0.2) is 24.6 Å². The Morgan fingerprint density at radius 2 is 2.00 bits per heavy atom. The van der Waals surface area contributed by atoms with Crippen LogP contribution in [0.5, 0.6) is 0 Å². The van der Waals surface area contributed by atoms with Crippen molar-refractivity contribution in [1.29, 1.82) is 0 Å². The molecule has 3 rings (SSSR count). The third-order valence-corrected chi connectivity index (χ3v) is 3.18. The highest BCUT2D eigenvalue weighted by Crippen LogP contribution is 2.23. The van der Waals surface area contributed by atoms with Crippen LogP contribution in [0.2, 0.25) is 5.15 Å². The molecule has 8 heteroatoms. The van der Waals surface area contributed by atoms with Crippen molar-refractivity contribution < 1.29 is 0 Å². The summed E-state index contributed by atoms with van der Waals surface area (Å²) in [6.45, 7) is 0. The third-order valence-electron chi connectivity index (χ3n) is 2.13. The van der Waals surface area contributed by atoms with Crippen LogP contribution in [0, 0.1) is 0 Å². The number of rotatable bonds is 3. The molecular weight excluding hydrogens is 284 g/mol. The molecule has 3 heterocycles. The molecule has 0 aliphatic rings. The van der Waals surface area contributed by atoms with Crippen LogP contribution < -0.4 is 0 Å². The van der Waals surface area contributed by atoms with E-state index in [2.05, 4.69) is 25.0 Å². The molecule has 3 aromatic rings. The Bertz CT molecular complexity index is 670. The largest absolute Gasteiger partial charge is 0.251 e. The van der Waals surface area contributed by atoms with Crippen LogP contribution in [0.1, 0.15) is 0 Å². The van der Waals surface area contributed by atoms with Crippen molar-refractivity contribution in [3.05, 3.63) is 48.3 Å². The molecule has 0 spiro atoms. The van der Waals surface area contributed by atoms with E-state index in [0.717, 1.165) is 10.1 Å². The van der Waals surface area contributed by atoms with Crippen molar-refractivity contribution in [2.75, 3.05) is 0 Å². The van der Waals surface area contributed by atoms with Gasteiger partial charge in [0.2, 0.25) is 0 Å². The zero-order chi connectivity index (χ0) is 13.1. The van der Waals surface area contributed by atoms with Crippen LogP contribution in [0.4, 0.5) is 0 Å². The smallest absolute Gasteiger partial charge is 0.245 e. The van der Waals surface area contributed by atoms with E-state index in [1.807, 2.05) is 6.07 Å². The molecule has 0 aliphatic heterocycles. The van der Waals surface area contributed by atoms with E-state index >= 15 is 0 Å². The normalized spacial score (nSPS) is 10.6. The topological polar surface area (TPSA) is 69.4 Å². The minimum absolute atomic E-state index is 0.365. The van der Waals surface area contributed by atoms with Gasteiger partial charge in [-0.05, 0) is 23.9 Å². The van der Waals surface area contributed by atoms with Gasteiger partial charge in [-0.3, -0.25) is 0 Å². The van der Waals surface area contributed by atoms with Crippen molar-refractivity contribution in [3.63, 3.8) is 0 Å². The predicted molar refractivity (Wildman–Crippen MR) is 70.3 cm³/mol. The maximum absolute atomic E-state index is 5.69. The first-order chi connectivity index (χ1) is 9.31. The van der Waals surface area contributed by atoms with Crippen LogP contribution in [-0.2, 0) is 0 Å². The van der Waals surface area contributed by atoms with E-state index in [9.17, 15) is 0 Å². The zero-order valence-electron chi connectivity index (χ0n) is 9.51. The summed E-state index contributed by atoms with van der Waals surface area (Å²) in [7, 11) is 0. The van der Waals surface area contributed by atoms with Gasteiger partial charge >= 0.3 is 0 Å². The first kappa shape index (κ1) is 12.1. The third kappa shape index (κ3) is 2.88. The molecule has 0 saturated heterocycles. The minimum atomic E-state index is 0.365. The van der Waals surface area contributed by atoms with Crippen LogP contribution >= 0.6 is 23.4 Å². The molecule has 6 nitrogen and oxygen atoms in total. The molecule has 3 aromatic heterocycles. The quantitative estimate of drug-likeness (QED) is 0.689. The van der Waals surface area contributed by atoms with Crippen molar-refractivity contribution in [2.45, 2.75) is 10.1 Å². The Kier molecular flexibility index (Phi) is 3.39. The van der Waals surface area contributed by atoms with Crippen molar-refractivity contribution in [1.82, 2.24) is 29.7 Å². The van der Waals surface area contributed by atoms with E-state index in [4.69, 9.17) is 11.6 Å². The maximum Gasteiger partial charge on any atom is 0.251 e. The molecule has 0 fully saturated rings. The molecule has 94 valence electrons. The van der Waals surface area contributed by atoms with Gasteiger partial charge in [-0.1, -0.05) is 11.6 Å². The molecule has 19 heavy (non-hydrogen) atoms. The van der Waals surface area contributed by atoms with Gasteiger partial charge in [0.15, 0.2) is 0 Å². The Morgan fingerprint density at radius 3 is 2.74 bits per heavy atom. The van der Waals surface area contributed by atoms with Crippen LogP contribution in [0.3, 0.4) is 0 Å². The Balaban J connectivity index is 1.85. The lowest BCUT2D eigenvalue weighted by Gasteiger charge is -2.02. The fourth-order valence-corrected chi connectivity index (χ4v) is 2.13. The number of nitrogens with zero attached hydrogens (tertiary/aromatic N) is 6. The Morgan fingerprint density at radius 1 is 1.05 bits per heavy atom. The molecule has 0 amide bonds. The average molecular weight is 291 g/mol. The van der Waals surface area contributed by atoms with Gasteiger partial charge in [-0.15, -0.1) is 0 Å². The number of aromatic nitrogens is 6. The molecule has 0 unspecified atom stereocenters. The van der Waals surface area contributed by atoms with Gasteiger partial charge in [0.05, 0.1) is 12.4 Å². The second-order valence-corrected chi connectivity index (χ2v) is 4.85. The summed E-state index contributed by atoms with van der Waals surface area (Å²) in [6, 6.07) is 3.61. The zero-order valence-corrected chi connectivity index (χ0v) is 11.1.